The lowest BCUT2D eigenvalue weighted by atomic mass is 9.89. The van der Waals surface area contributed by atoms with Crippen LogP contribution in [0.4, 0.5) is 0 Å². The minimum Gasteiger partial charge on any atom is -0.393 e. The smallest absolute Gasteiger partial charge is 0.0595 e. The van der Waals surface area contributed by atoms with Gasteiger partial charge in [-0.15, -0.1) is 0 Å². The van der Waals surface area contributed by atoms with Crippen molar-refractivity contribution < 1.29 is 5.11 Å². The number of hydrogen-bond donors (Lipinski definition) is 3. The standard InChI is InChI=1S/C16H22N2O/c1-10-5-11(2)16-14(6-10)12(9-18-16)7-13-8-17-4-3-15(13)19/h5-6,9,13,15,17-19H,3-4,7-8H2,1-2H3. The Bertz CT molecular complexity index is 588. The molecule has 1 aromatic heterocycles. The molecule has 3 heteroatoms. The van der Waals surface area contributed by atoms with Crippen LogP contribution in [0.5, 0.6) is 0 Å². The van der Waals surface area contributed by atoms with Crippen molar-refractivity contribution in [3.63, 3.8) is 0 Å². The van der Waals surface area contributed by atoms with Crippen LogP contribution < -0.4 is 5.32 Å². The molecule has 19 heavy (non-hydrogen) atoms. The van der Waals surface area contributed by atoms with Crippen molar-refractivity contribution in [3.05, 3.63) is 35.0 Å². The normalized spacial score (nSPS) is 23.9. The van der Waals surface area contributed by atoms with E-state index < -0.39 is 0 Å². The summed E-state index contributed by atoms with van der Waals surface area (Å²) in [6, 6.07) is 4.45. The van der Waals surface area contributed by atoms with Crippen molar-refractivity contribution in [2.24, 2.45) is 5.92 Å². The first kappa shape index (κ1) is 12.7. The Balaban J connectivity index is 1.92. The van der Waals surface area contributed by atoms with Gasteiger partial charge in [0.25, 0.3) is 0 Å². The van der Waals surface area contributed by atoms with E-state index in [1.165, 1.54) is 27.6 Å². The Morgan fingerprint density at radius 3 is 2.95 bits per heavy atom. The number of aliphatic hydroxyl groups is 1. The van der Waals surface area contributed by atoms with Gasteiger partial charge in [0.15, 0.2) is 0 Å². The molecular weight excluding hydrogens is 236 g/mol. The molecule has 3 rings (SSSR count). The topological polar surface area (TPSA) is 48.0 Å². The summed E-state index contributed by atoms with van der Waals surface area (Å²) in [4.78, 5) is 3.39. The number of aromatic nitrogens is 1. The van der Waals surface area contributed by atoms with Crippen LogP contribution in [0.3, 0.4) is 0 Å². The Labute approximate surface area is 114 Å². The van der Waals surface area contributed by atoms with Crippen LogP contribution in [0.2, 0.25) is 0 Å². The molecule has 2 aromatic rings. The van der Waals surface area contributed by atoms with Crippen molar-refractivity contribution in [2.75, 3.05) is 13.1 Å². The zero-order chi connectivity index (χ0) is 13.4. The molecule has 1 aromatic carbocycles. The lowest BCUT2D eigenvalue weighted by molar-refractivity contribution is 0.0793. The molecule has 2 atom stereocenters. The van der Waals surface area contributed by atoms with Gasteiger partial charge >= 0.3 is 0 Å². The number of rotatable bonds is 2. The van der Waals surface area contributed by atoms with E-state index in [9.17, 15) is 5.11 Å². The van der Waals surface area contributed by atoms with Crippen molar-refractivity contribution in [1.82, 2.24) is 10.3 Å². The zero-order valence-electron chi connectivity index (χ0n) is 11.7. The molecule has 0 spiro atoms. The minimum absolute atomic E-state index is 0.169. The van der Waals surface area contributed by atoms with Gasteiger partial charge in [-0.05, 0) is 50.4 Å². The average Bonchev–Trinajstić information content (AvgIpc) is 2.76. The number of benzene rings is 1. The number of aryl methyl sites for hydroxylation is 2. The van der Waals surface area contributed by atoms with E-state index in [1.54, 1.807) is 0 Å². The summed E-state index contributed by atoms with van der Waals surface area (Å²) in [6.07, 6.45) is 3.75. The average molecular weight is 258 g/mol. The predicted molar refractivity (Wildman–Crippen MR) is 78.5 cm³/mol. The van der Waals surface area contributed by atoms with Gasteiger partial charge in [-0.3, -0.25) is 0 Å². The third kappa shape index (κ3) is 2.40. The number of nitrogens with one attached hydrogen (secondary N) is 2. The fourth-order valence-electron chi connectivity index (χ4n) is 3.22. The Morgan fingerprint density at radius 1 is 1.32 bits per heavy atom. The first-order valence-corrected chi connectivity index (χ1v) is 7.11. The quantitative estimate of drug-likeness (QED) is 0.774. The van der Waals surface area contributed by atoms with Crippen molar-refractivity contribution >= 4 is 10.9 Å². The molecule has 0 bridgehead atoms. The summed E-state index contributed by atoms with van der Waals surface area (Å²) in [5, 5.41) is 14.8. The van der Waals surface area contributed by atoms with Crippen LogP contribution in [0, 0.1) is 19.8 Å². The molecule has 0 aliphatic carbocycles. The molecule has 1 saturated heterocycles. The van der Waals surface area contributed by atoms with Gasteiger partial charge in [0.2, 0.25) is 0 Å². The third-order valence-corrected chi connectivity index (χ3v) is 4.27. The van der Waals surface area contributed by atoms with Crippen LogP contribution >= 0.6 is 0 Å². The summed E-state index contributed by atoms with van der Waals surface area (Å²) >= 11 is 0. The lowest BCUT2D eigenvalue weighted by Crippen LogP contribution is -2.40. The fourth-order valence-corrected chi connectivity index (χ4v) is 3.22. The number of hydrogen-bond acceptors (Lipinski definition) is 2. The Hall–Kier alpha value is -1.32. The SMILES string of the molecule is Cc1cc(C)c2[nH]cc(CC3CNCCC3O)c2c1. The molecule has 102 valence electrons. The highest BCUT2D eigenvalue weighted by molar-refractivity contribution is 5.86. The summed E-state index contributed by atoms with van der Waals surface area (Å²) in [6.45, 7) is 6.13. The van der Waals surface area contributed by atoms with Gasteiger partial charge in [0.1, 0.15) is 0 Å². The maximum Gasteiger partial charge on any atom is 0.0595 e. The second-order valence-corrected chi connectivity index (χ2v) is 5.84. The van der Waals surface area contributed by atoms with Crippen LogP contribution in [0.1, 0.15) is 23.1 Å². The number of aromatic amines is 1. The molecule has 0 saturated carbocycles. The molecule has 2 unspecified atom stereocenters. The van der Waals surface area contributed by atoms with Crippen LogP contribution in [0.15, 0.2) is 18.3 Å². The van der Waals surface area contributed by atoms with E-state index in [0.29, 0.717) is 5.92 Å². The van der Waals surface area contributed by atoms with Gasteiger partial charge < -0.3 is 15.4 Å². The Kier molecular flexibility index (Phi) is 3.33. The first-order valence-electron chi connectivity index (χ1n) is 7.11. The van der Waals surface area contributed by atoms with Gasteiger partial charge in [-0.25, -0.2) is 0 Å². The molecule has 0 radical (unpaired) electrons. The number of H-pyrrole nitrogens is 1. The highest BCUT2D eigenvalue weighted by Crippen LogP contribution is 2.27. The zero-order valence-corrected chi connectivity index (χ0v) is 11.7. The second-order valence-electron chi connectivity index (χ2n) is 5.84. The minimum atomic E-state index is -0.169. The summed E-state index contributed by atoms with van der Waals surface area (Å²) < 4.78 is 0. The third-order valence-electron chi connectivity index (χ3n) is 4.27. The molecule has 1 aliphatic heterocycles. The van der Waals surface area contributed by atoms with E-state index in [1.807, 2.05) is 0 Å². The predicted octanol–water partition coefficient (Wildman–Crippen LogP) is 2.30. The highest BCUT2D eigenvalue weighted by Gasteiger charge is 2.24. The fraction of sp³-hybridized carbons (Fsp3) is 0.500. The summed E-state index contributed by atoms with van der Waals surface area (Å²) in [5.74, 6) is 0.327. The molecule has 3 N–H and O–H groups in total. The van der Waals surface area contributed by atoms with Crippen LogP contribution in [-0.2, 0) is 6.42 Å². The first-order chi connectivity index (χ1) is 9.15. The van der Waals surface area contributed by atoms with Gasteiger partial charge in [0, 0.05) is 29.6 Å². The molecule has 1 aliphatic rings. The molecule has 0 amide bonds. The molecule has 2 heterocycles. The second kappa shape index (κ2) is 4.99. The van der Waals surface area contributed by atoms with E-state index in [0.717, 1.165) is 25.9 Å². The van der Waals surface area contributed by atoms with Gasteiger partial charge in [0.05, 0.1) is 6.10 Å². The molecule has 1 fully saturated rings. The van der Waals surface area contributed by atoms with E-state index >= 15 is 0 Å². The van der Waals surface area contributed by atoms with E-state index in [4.69, 9.17) is 0 Å². The van der Waals surface area contributed by atoms with Crippen molar-refractivity contribution in [2.45, 2.75) is 32.8 Å². The Morgan fingerprint density at radius 2 is 2.16 bits per heavy atom. The van der Waals surface area contributed by atoms with Gasteiger partial charge in [-0.2, -0.15) is 0 Å². The maximum atomic E-state index is 10.1. The van der Waals surface area contributed by atoms with Gasteiger partial charge in [-0.1, -0.05) is 11.6 Å². The summed E-state index contributed by atoms with van der Waals surface area (Å²) in [5.41, 5.74) is 5.16. The monoisotopic (exact) mass is 258 g/mol. The van der Waals surface area contributed by atoms with Crippen LogP contribution in [0.25, 0.3) is 10.9 Å². The van der Waals surface area contributed by atoms with E-state index in [-0.39, 0.29) is 6.10 Å². The highest BCUT2D eigenvalue weighted by atomic mass is 16.3. The molecule has 3 nitrogen and oxygen atoms in total. The summed E-state index contributed by atoms with van der Waals surface area (Å²) in [7, 11) is 0. The lowest BCUT2D eigenvalue weighted by Gasteiger charge is -2.28. The van der Waals surface area contributed by atoms with E-state index in [2.05, 4.69) is 42.5 Å². The largest absolute Gasteiger partial charge is 0.393 e. The van der Waals surface area contributed by atoms with Crippen molar-refractivity contribution in [1.29, 1.82) is 0 Å². The molecular formula is C16H22N2O. The number of piperidine rings is 1. The number of aliphatic hydroxyl groups excluding tert-OH is 1. The van der Waals surface area contributed by atoms with Crippen molar-refractivity contribution in [3.8, 4) is 0 Å². The maximum absolute atomic E-state index is 10.1. The number of fused-ring (bicyclic) bond motifs is 1. The van der Waals surface area contributed by atoms with Crippen LogP contribution in [-0.4, -0.2) is 29.3 Å².